The average Bonchev–Trinajstić information content (AvgIpc) is 3.27. The predicted molar refractivity (Wildman–Crippen MR) is 135 cm³/mol. The number of carbonyl (C=O) groups is 3. The number of ether oxygens (including phenoxy) is 1. The molecule has 0 aromatic carbocycles. The molecule has 0 aromatic heterocycles. The van der Waals surface area contributed by atoms with Crippen LogP contribution in [-0.4, -0.2) is 55.5 Å². The normalized spacial score (nSPS) is 26.4. The van der Waals surface area contributed by atoms with E-state index in [1.165, 1.54) is 19.3 Å². The maximum atomic E-state index is 13.2. The monoisotopic (exact) mass is 479 g/mol. The molecule has 2 aliphatic rings. The Hall–Kier alpha value is -1.63. The molecule has 3 N–H and O–H groups in total. The van der Waals surface area contributed by atoms with Gasteiger partial charge in [0.1, 0.15) is 6.61 Å². The number of nitrogens with two attached hydrogens (primary N) is 1. The van der Waals surface area contributed by atoms with Crippen molar-refractivity contribution < 1.29 is 19.1 Å². The summed E-state index contributed by atoms with van der Waals surface area (Å²) in [6, 6.07) is 0. The predicted octanol–water partition coefficient (Wildman–Crippen LogP) is 3.60. The second kappa shape index (κ2) is 11.4. The molecule has 0 aromatic rings. The molecule has 7 nitrogen and oxygen atoms in total. The zero-order chi connectivity index (χ0) is 25.8. The lowest BCUT2D eigenvalue weighted by Gasteiger charge is -2.34. The van der Waals surface area contributed by atoms with Gasteiger partial charge in [-0.15, -0.1) is 0 Å². The maximum Gasteiger partial charge on any atom is 0.309 e. The summed E-state index contributed by atoms with van der Waals surface area (Å²) in [5.74, 6) is 0.761. The highest BCUT2D eigenvalue weighted by atomic mass is 16.5. The molecule has 2 saturated carbocycles. The molecule has 2 bridgehead atoms. The second-order valence-corrected chi connectivity index (χ2v) is 12.9. The fourth-order valence-electron chi connectivity index (χ4n) is 6.03. The molecule has 6 unspecified atom stereocenters. The molecule has 0 heterocycles. The number of primary amides is 1. The Bertz CT molecular complexity index is 726. The molecule has 0 aliphatic heterocycles. The minimum Gasteiger partial charge on any atom is -0.464 e. The third-order valence-corrected chi connectivity index (χ3v) is 8.04. The first-order valence-corrected chi connectivity index (χ1v) is 13.0. The minimum absolute atomic E-state index is 0.108. The maximum absolute atomic E-state index is 13.2. The summed E-state index contributed by atoms with van der Waals surface area (Å²) < 4.78 is 5.60. The van der Waals surface area contributed by atoms with Gasteiger partial charge in [-0.2, -0.15) is 0 Å². The van der Waals surface area contributed by atoms with Crippen molar-refractivity contribution in [2.75, 3.05) is 27.2 Å². The van der Waals surface area contributed by atoms with Crippen LogP contribution < -0.4 is 11.1 Å². The van der Waals surface area contributed by atoms with Gasteiger partial charge in [0.15, 0.2) is 0 Å². The van der Waals surface area contributed by atoms with Crippen LogP contribution in [0.2, 0.25) is 0 Å². The molecule has 2 rings (SSSR count). The highest BCUT2D eigenvalue weighted by Gasteiger charge is 2.47. The number of hydrogen-bond donors (Lipinski definition) is 2. The van der Waals surface area contributed by atoms with E-state index in [1.807, 2.05) is 53.6 Å². The molecule has 196 valence electrons. The van der Waals surface area contributed by atoms with E-state index >= 15 is 0 Å². The topological polar surface area (TPSA) is 102 Å². The van der Waals surface area contributed by atoms with Crippen molar-refractivity contribution in [3.63, 3.8) is 0 Å². The van der Waals surface area contributed by atoms with Gasteiger partial charge in [0.2, 0.25) is 11.8 Å². The molecule has 0 spiro atoms. The van der Waals surface area contributed by atoms with Crippen molar-refractivity contribution in [2.45, 2.75) is 85.6 Å². The van der Waals surface area contributed by atoms with E-state index in [4.69, 9.17) is 10.5 Å². The van der Waals surface area contributed by atoms with Crippen molar-refractivity contribution in [1.82, 2.24) is 10.2 Å². The van der Waals surface area contributed by atoms with Crippen LogP contribution in [0.1, 0.15) is 80.1 Å². The van der Waals surface area contributed by atoms with Gasteiger partial charge < -0.3 is 20.7 Å². The van der Waals surface area contributed by atoms with Crippen LogP contribution in [0.5, 0.6) is 0 Å². The first-order valence-electron chi connectivity index (χ1n) is 13.0. The lowest BCUT2D eigenvalue weighted by Crippen LogP contribution is -2.48. The standard InChI is InChI=1S/C27H49N3O4/c1-17-18-9-10-19(13-18)22(17)15-20(23(28)31)14-21(24(32)34-12-11-30(7)8)16-27(5,6)25(33)29-26(2,3)4/h17-22H,9-16H2,1-8H3,(H2,28,31)(H,29,33). The van der Waals surface area contributed by atoms with E-state index in [0.29, 0.717) is 37.1 Å². The summed E-state index contributed by atoms with van der Waals surface area (Å²) in [5.41, 5.74) is 4.71. The van der Waals surface area contributed by atoms with Crippen LogP contribution in [0.3, 0.4) is 0 Å². The number of nitrogens with zero attached hydrogens (tertiary/aromatic N) is 1. The van der Waals surface area contributed by atoms with E-state index in [1.54, 1.807) is 0 Å². The Morgan fingerprint density at radius 1 is 1.06 bits per heavy atom. The lowest BCUT2D eigenvalue weighted by atomic mass is 9.72. The summed E-state index contributed by atoms with van der Waals surface area (Å²) >= 11 is 0. The van der Waals surface area contributed by atoms with Crippen LogP contribution in [0.25, 0.3) is 0 Å². The van der Waals surface area contributed by atoms with Crippen molar-refractivity contribution >= 4 is 17.8 Å². The number of nitrogens with one attached hydrogen (secondary N) is 1. The number of hydrogen-bond acceptors (Lipinski definition) is 5. The summed E-state index contributed by atoms with van der Waals surface area (Å²) in [6.07, 6.45) is 5.17. The average molecular weight is 480 g/mol. The molecule has 2 aliphatic carbocycles. The van der Waals surface area contributed by atoms with Crippen LogP contribution >= 0.6 is 0 Å². The van der Waals surface area contributed by atoms with Crippen LogP contribution in [0.4, 0.5) is 0 Å². The quantitative estimate of drug-likeness (QED) is 0.417. The number of rotatable bonds is 12. The molecule has 2 fully saturated rings. The van der Waals surface area contributed by atoms with Crippen molar-refractivity contribution in [1.29, 1.82) is 0 Å². The molecule has 6 atom stereocenters. The van der Waals surface area contributed by atoms with Crippen molar-refractivity contribution in [3.05, 3.63) is 0 Å². The van der Waals surface area contributed by atoms with Crippen LogP contribution in [0, 0.1) is 40.9 Å². The SMILES string of the molecule is CC1C2CCC(C2)C1CC(CC(CC(C)(C)C(=O)NC(C)(C)C)C(=O)OCCN(C)C)C(N)=O. The molecule has 7 heteroatoms. The van der Waals surface area contributed by atoms with Gasteiger partial charge in [-0.25, -0.2) is 0 Å². The molecule has 34 heavy (non-hydrogen) atoms. The highest BCUT2D eigenvalue weighted by molar-refractivity contribution is 5.84. The van der Waals surface area contributed by atoms with E-state index in [0.717, 1.165) is 12.3 Å². The third kappa shape index (κ3) is 7.96. The van der Waals surface area contributed by atoms with Gasteiger partial charge in [0, 0.05) is 23.4 Å². The van der Waals surface area contributed by atoms with Crippen LogP contribution in [0.15, 0.2) is 0 Å². The second-order valence-electron chi connectivity index (χ2n) is 12.9. The molecular formula is C27H49N3O4. The van der Waals surface area contributed by atoms with E-state index < -0.39 is 11.3 Å². The molecule has 0 radical (unpaired) electrons. The molecule has 0 saturated heterocycles. The number of esters is 1. The van der Waals surface area contributed by atoms with E-state index in [2.05, 4.69) is 12.2 Å². The van der Waals surface area contributed by atoms with Crippen molar-refractivity contribution in [2.24, 2.45) is 46.7 Å². The zero-order valence-corrected chi connectivity index (χ0v) is 22.8. The van der Waals surface area contributed by atoms with Crippen LogP contribution in [-0.2, 0) is 19.1 Å². The van der Waals surface area contributed by atoms with E-state index in [-0.39, 0.29) is 35.8 Å². The van der Waals surface area contributed by atoms with Gasteiger partial charge in [-0.05, 0) is 97.1 Å². The summed E-state index contributed by atoms with van der Waals surface area (Å²) in [5, 5.41) is 3.03. The Labute approximate surface area is 206 Å². The fourth-order valence-corrected chi connectivity index (χ4v) is 6.03. The van der Waals surface area contributed by atoms with Gasteiger partial charge in [0.25, 0.3) is 0 Å². The number of fused-ring (bicyclic) bond motifs is 2. The molecule has 2 amide bonds. The summed E-state index contributed by atoms with van der Waals surface area (Å²) in [4.78, 5) is 40.7. The summed E-state index contributed by atoms with van der Waals surface area (Å²) in [6.45, 7) is 12.7. The zero-order valence-electron chi connectivity index (χ0n) is 22.8. The molecular weight excluding hydrogens is 430 g/mol. The Balaban J connectivity index is 2.16. The number of likely N-dealkylation sites (N-methyl/N-ethyl adjacent to an activating group) is 1. The minimum atomic E-state index is -0.791. The van der Waals surface area contributed by atoms with Crippen molar-refractivity contribution in [3.8, 4) is 0 Å². The third-order valence-electron chi connectivity index (χ3n) is 8.04. The largest absolute Gasteiger partial charge is 0.464 e. The first-order chi connectivity index (χ1) is 15.6. The van der Waals surface area contributed by atoms with Gasteiger partial charge in [-0.1, -0.05) is 20.8 Å². The Morgan fingerprint density at radius 2 is 1.68 bits per heavy atom. The lowest BCUT2D eigenvalue weighted by molar-refractivity contribution is -0.151. The Morgan fingerprint density at radius 3 is 2.18 bits per heavy atom. The Kier molecular flexibility index (Phi) is 9.59. The fraction of sp³-hybridized carbons (Fsp3) is 0.889. The van der Waals surface area contributed by atoms with Gasteiger partial charge in [-0.3, -0.25) is 14.4 Å². The first kappa shape index (κ1) is 28.6. The smallest absolute Gasteiger partial charge is 0.309 e. The van der Waals surface area contributed by atoms with Gasteiger partial charge in [0.05, 0.1) is 5.92 Å². The number of amides is 2. The van der Waals surface area contributed by atoms with E-state index in [9.17, 15) is 14.4 Å². The number of carbonyl (C=O) groups excluding carboxylic acids is 3. The highest BCUT2D eigenvalue weighted by Crippen LogP contribution is 2.54. The van der Waals surface area contributed by atoms with Gasteiger partial charge >= 0.3 is 5.97 Å². The summed E-state index contributed by atoms with van der Waals surface area (Å²) in [7, 11) is 3.84.